The summed E-state index contributed by atoms with van der Waals surface area (Å²) in [6.45, 7) is 2.05. The lowest BCUT2D eigenvalue weighted by Gasteiger charge is -1.98. The lowest BCUT2D eigenvalue weighted by molar-refractivity contribution is -0.402. The Morgan fingerprint density at radius 2 is 2.35 bits per heavy atom. The molecule has 0 aromatic carbocycles. The van der Waals surface area contributed by atoms with Gasteiger partial charge in [-0.15, -0.1) is 5.10 Å². The van der Waals surface area contributed by atoms with Gasteiger partial charge in [0.15, 0.2) is 0 Å². The van der Waals surface area contributed by atoms with E-state index in [-0.39, 0.29) is 5.88 Å². The summed E-state index contributed by atoms with van der Waals surface area (Å²) in [5.41, 5.74) is 0.853. The Hall–Kier alpha value is -2.22. The third-order valence-electron chi connectivity index (χ3n) is 3.17. The highest BCUT2D eigenvalue weighted by Gasteiger charge is 2.20. The number of nitrogens with one attached hydrogen (secondary N) is 1. The maximum absolute atomic E-state index is 10.5. The highest BCUT2D eigenvalue weighted by atomic mass is 16.6. The Balaban J connectivity index is 1.53. The van der Waals surface area contributed by atoms with Crippen molar-refractivity contribution in [2.24, 2.45) is 5.92 Å². The van der Waals surface area contributed by atoms with Gasteiger partial charge in [-0.25, -0.2) is 4.68 Å². The minimum absolute atomic E-state index is 0.258. The average Bonchev–Trinajstić information content (AvgIpc) is 2.94. The van der Waals surface area contributed by atoms with Crippen molar-refractivity contribution in [3.05, 3.63) is 39.9 Å². The van der Waals surface area contributed by atoms with Crippen molar-refractivity contribution in [2.45, 2.75) is 25.9 Å². The van der Waals surface area contributed by atoms with Gasteiger partial charge < -0.3 is 9.73 Å². The molecule has 0 unspecified atom stereocenters. The van der Waals surface area contributed by atoms with Crippen molar-refractivity contribution in [1.82, 2.24) is 20.3 Å². The second-order valence-electron chi connectivity index (χ2n) is 4.98. The van der Waals surface area contributed by atoms with Gasteiger partial charge in [-0.2, -0.15) is 0 Å². The summed E-state index contributed by atoms with van der Waals surface area (Å²) >= 11 is 0. The molecule has 0 radical (unpaired) electrons. The molecule has 8 heteroatoms. The summed E-state index contributed by atoms with van der Waals surface area (Å²) < 4.78 is 6.68. The first-order chi connectivity index (χ1) is 9.70. The van der Waals surface area contributed by atoms with Crippen molar-refractivity contribution in [3.8, 4) is 0 Å². The van der Waals surface area contributed by atoms with E-state index in [4.69, 9.17) is 4.42 Å². The zero-order chi connectivity index (χ0) is 13.9. The first-order valence-corrected chi connectivity index (χ1v) is 6.53. The molecule has 8 nitrogen and oxygen atoms in total. The second kappa shape index (κ2) is 5.41. The van der Waals surface area contributed by atoms with E-state index in [1.165, 1.54) is 18.9 Å². The van der Waals surface area contributed by atoms with Gasteiger partial charge in [0.25, 0.3) is 0 Å². The van der Waals surface area contributed by atoms with E-state index < -0.39 is 4.92 Å². The van der Waals surface area contributed by atoms with E-state index in [9.17, 15) is 10.1 Å². The minimum Gasteiger partial charge on any atom is -0.404 e. The molecule has 1 saturated carbocycles. The topological polar surface area (TPSA) is 99.0 Å². The van der Waals surface area contributed by atoms with Crippen LogP contribution in [0, 0.1) is 16.0 Å². The van der Waals surface area contributed by atoms with Crippen molar-refractivity contribution < 1.29 is 9.34 Å². The Kier molecular flexibility index (Phi) is 3.46. The average molecular weight is 277 g/mol. The van der Waals surface area contributed by atoms with Crippen LogP contribution in [-0.2, 0) is 13.1 Å². The standard InChI is InChI=1S/C12H15N5O3/c18-17(19)12-4-3-11(20-12)8-16-7-10(14-15-16)6-13-5-9-1-2-9/h3-4,7,9,13H,1-2,5-6,8H2. The summed E-state index contributed by atoms with van der Waals surface area (Å²) in [5.74, 6) is 1.05. The second-order valence-corrected chi connectivity index (χ2v) is 4.98. The fourth-order valence-electron chi connectivity index (χ4n) is 1.93. The molecule has 1 aliphatic carbocycles. The third kappa shape index (κ3) is 3.21. The highest BCUT2D eigenvalue weighted by molar-refractivity contribution is 5.17. The number of furan rings is 1. The molecular weight excluding hydrogens is 262 g/mol. The van der Waals surface area contributed by atoms with Crippen LogP contribution in [0.2, 0.25) is 0 Å². The molecule has 0 atom stereocenters. The number of nitro groups is 1. The van der Waals surface area contributed by atoms with Crippen LogP contribution in [0.3, 0.4) is 0 Å². The van der Waals surface area contributed by atoms with Crippen LogP contribution in [0.4, 0.5) is 5.88 Å². The highest BCUT2D eigenvalue weighted by Crippen LogP contribution is 2.27. The Labute approximate surface area is 114 Å². The molecule has 20 heavy (non-hydrogen) atoms. The van der Waals surface area contributed by atoms with Crippen molar-refractivity contribution in [1.29, 1.82) is 0 Å². The zero-order valence-corrected chi connectivity index (χ0v) is 10.9. The third-order valence-corrected chi connectivity index (χ3v) is 3.17. The largest absolute Gasteiger partial charge is 0.433 e. The predicted octanol–water partition coefficient (Wildman–Crippen LogP) is 1.33. The molecule has 2 heterocycles. The lowest BCUT2D eigenvalue weighted by Crippen LogP contribution is -2.16. The van der Waals surface area contributed by atoms with E-state index >= 15 is 0 Å². The molecule has 0 aliphatic heterocycles. The molecule has 2 aromatic rings. The van der Waals surface area contributed by atoms with Gasteiger partial charge in [0.05, 0.1) is 18.0 Å². The van der Waals surface area contributed by atoms with E-state index in [0.29, 0.717) is 18.8 Å². The van der Waals surface area contributed by atoms with Gasteiger partial charge in [0.2, 0.25) is 0 Å². The molecule has 3 rings (SSSR count). The number of nitrogens with zero attached hydrogens (tertiary/aromatic N) is 4. The van der Waals surface area contributed by atoms with Gasteiger partial charge >= 0.3 is 5.88 Å². The molecule has 0 bridgehead atoms. The SMILES string of the molecule is O=[N+]([O-])c1ccc(Cn2cc(CNCC3CC3)nn2)o1. The molecule has 1 fully saturated rings. The molecule has 0 saturated heterocycles. The molecule has 2 aromatic heterocycles. The van der Waals surface area contributed by atoms with Gasteiger partial charge in [-0.1, -0.05) is 5.21 Å². The first kappa shape index (κ1) is 12.8. The van der Waals surface area contributed by atoms with Crippen LogP contribution in [0.15, 0.2) is 22.7 Å². The van der Waals surface area contributed by atoms with Crippen LogP contribution in [-0.4, -0.2) is 26.5 Å². The van der Waals surface area contributed by atoms with Crippen LogP contribution in [0.5, 0.6) is 0 Å². The maximum Gasteiger partial charge on any atom is 0.433 e. The van der Waals surface area contributed by atoms with Gasteiger partial charge in [-0.3, -0.25) is 10.1 Å². The van der Waals surface area contributed by atoms with Gasteiger partial charge in [-0.05, 0) is 31.4 Å². The van der Waals surface area contributed by atoms with Gasteiger partial charge in [0, 0.05) is 6.54 Å². The van der Waals surface area contributed by atoms with Crippen LogP contribution in [0.1, 0.15) is 24.3 Å². The van der Waals surface area contributed by atoms with Crippen molar-refractivity contribution in [3.63, 3.8) is 0 Å². The number of rotatable bonds is 7. The predicted molar refractivity (Wildman–Crippen MR) is 68.9 cm³/mol. The van der Waals surface area contributed by atoms with Crippen LogP contribution in [0.25, 0.3) is 0 Å². The van der Waals surface area contributed by atoms with Crippen LogP contribution < -0.4 is 5.32 Å². The first-order valence-electron chi connectivity index (χ1n) is 6.53. The monoisotopic (exact) mass is 277 g/mol. The van der Waals surface area contributed by atoms with E-state index in [0.717, 1.165) is 18.2 Å². The number of hydrogen-bond donors (Lipinski definition) is 1. The molecule has 1 N–H and O–H groups in total. The summed E-state index contributed by atoms with van der Waals surface area (Å²) in [6, 6.07) is 2.91. The molecule has 0 spiro atoms. The lowest BCUT2D eigenvalue weighted by atomic mass is 10.4. The van der Waals surface area contributed by atoms with Gasteiger partial charge in [0.1, 0.15) is 17.2 Å². The Morgan fingerprint density at radius 1 is 1.50 bits per heavy atom. The van der Waals surface area contributed by atoms with E-state index in [2.05, 4.69) is 15.6 Å². The number of aromatic nitrogens is 3. The van der Waals surface area contributed by atoms with Crippen LogP contribution >= 0.6 is 0 Å². The zero-order valence-electron chi connectivity index (χ0n) is 10.9. The fraction of sp³-hybridized carbons (Fsp3) is 0.500. The molecule has 106 valence electrons. The molecule has 1 aliphatic rings. The molecular formula is C12H15N5O3. The Morgan fingerprint density at radius 3 is 3.05 bits per heavy atom. The smallest absolute Gasteiger partial charge is 0.404 e. The van der Waals surface area contributed by atoms with Crippen molar-refractivity contribution in [2.75, 3.05) is 6.54 Å². The summed E-state index contributed by atoms with van der Waals surface area (Å²) in [4.78, 5) is 9.96. The normalized spacial score (nSPS) is 14.6. The van der Waals surface area contributed by atoms with E-state index in [1.807, 2.05) is 6.20 Å². The summed E-state index contributed by atoms with van der Waals surface area (Å²) in [7, 11) is 0. The number of hydrogen-bond acceptors (Lipinski definition) is 6. The maximum atomic E-state index is 10.5. The van der Waals surface area contributed by atoms with E-state index in [1.54, 1.807) is 10.7 Å². The minimum atomic E-state index is -0.557. The fourth-order valence-corrected chi connectivity index (χ4v) is 1.93. The van der Waals surface area contributed by atoms with Crippen molar-refractivity contribution >= 4 is 5.88 Å². The summed E-state index contributed by atoms with van der Waals surface area (Å²) in [6.07, 6.45) is 4.45. The molecule has 0 amide bonds. The summed E-state index contributed by atoms with van der Waals surface area (Å²) in [5, 5.41) is 21.9. The Bertz CT molecular complexity index is 602. The quantitative estimate of drug-likeness (QED) is 0.605.